The molecule has 1 atom stereocenters. The second-order valence-electron chi connectivity index (χ2n) is 3.27. The minimum atomic E-state index is -1.40. The SMILES string of the molecule is CC(C)(C)OC(=O)C(C#N)N=[N+]=[N-]. The van der Waals surface area contributed by atoms with Gasteiger partial charge in [-0.05, 0) is 26.3 Å². The summed E-state index contributed by atoms with van der Waals surface area (Å²) in [7, 11) is 0. The van der Waals surface area contributed by atoms with Gasteiger partial charge in [0.25, 0.3) is 0 Å². The van der Waals surface area contributed by atoms with Crippen LogP contribution in [0.2, 0.25) is 0 Å². The maximum absolute atomic E-state index is 11.1. The quantitative estimate of drug-likeness (QED) is 0.280. The molecule has 6 nitrogen and oxygen atoms in total. The number of nitriles is 1. The molecule has 1 unspecified atom stereocenters. The summed E-state index contributed by atoms with van der Waals surface area (Å²) in [5.74, 6) is -0.826. The van der Waals surface area contributed by atoms with Crippen molar-refractivity contribution in [1.29, 1.82) is 5.26 Å². The van der Waals surface area contributed by atoms with Gasteiger partial charge in [-0.2, -0.15) is 5.26 Å². The minimum Gasteiger partial charge on any atom is -0.459 e. The number of esters is 1. The van der Waals surface area contributed by atoms with Crippen LogP contribution < -0.4 is 0 Å². The Morgan fingerprint density at radius 1 is 1.69 bits per heavy atom. The van der Waals surface area contributed by atoms with Crippen molar-refractivity contribution in [3.63, 3.8) is 0 Å². The van der Waals surface area contributed by atoms with Crippen LogP contribution in [-0.4, -0.2) is 17.6 Å². The summed E-state index contributed by atoms with van der Waals surface area (Å²) in [4.78, 5) is 13.4. The Bertz CT molecular complexity index is 280. The van der Waals surface area contributed by atoms with E-state index in [1.165, 1.54) is 6.07 Å². The van der Waals surface area contributed by atoms with E-state index in [1.54, 1.807) is 20.8 Å². The molecular weight excluding hydrogens is 172 g/mol. The van der Waals surface area contributed by atoms with Gasteiger partial charge in [-0.15, -0.1) is 0 Å². The molecule has 0 amide bonds. The Balaban J connectivity index is 4.42. The first kappa shape index (κ1) is 11.3. The number of ether oxygens (including phenoxy) is 1. The highest BCUT2D eigenvalue weighted by atomic mass is 16.6. The van der Waals surface area contributed by atoms with Crippen molar-refractivity contribution in [2.45, 2.75) is 32.4 Å². The molecule has 0 aliphatic rings. The predicted molar refractivity (Wildman–Crippen MR) is 44.4 cm³/mol. The molecule has 0 rings (SSSR count). The summed E-state index contributed by atoms with van der Waals surface area (Å²) >= 11 is 0. The molecule has 0 aliphatic heterocycles. The largest absolute Gasteiger partial charge is 0.459 e. The van der Waals surface area contributed by atoms with Crippen LogP contribution in [0.1, 0.15) is 20.8 Å². The number of carbonyl (C=O) groups is 1. The van der Waals surface area contributed by atoms with Gasteiger partial charge in [-0.1, -0.05) is 5.11 Å². The second kappa shape index (κ2) is 4.33. The first-order valence-corrected chi connectivity index (χ1v) is 3.57. The smallest absolute Gasteiger partial charge is 0.329 e. The molecule has 0 fully saturated rings. The van der Waals surface area contributed by atoms with Gasteiger partial charge in [0.05, 0.1) is 6.07 Å². The van der Waals surface area contributed by atoms with Crippen LogP contribution in [-0.2, 0) is 9.53 Å². The van der Waals surface area contributed by atoms with Crippen LogP contribution in [0.15, 0.2) is 5.11 Å². The summed E-state index contributed by atoms with van der Waals surface area (Å²) in [5, 5.41) is 11.4. The number of hydrogen-bond acceptors (Lipinski definition) is 4. The van der Waals surface area contributed by atoms with Gasteiger partial charge in [0.2, 0.25) is 6.04 Å². The molecule has 0 aliphatic carbocycles. The van der Waals surface area contributed by atoms with Crippen molar-refractivity contribution in [2.75, 3.05) is 0 Å². The maximum Gasteiger partial charge on any atom is 0.329 e. The van der Waals surface area contributed by atoms with Crippen molar-refractivity contribution < 1.29 is 9.53 Å². The summed E-state index contributed by atoms with van der Waals surface area (Å²) < 4.78 is 4.82. The lowest BCUT2D eigenvalue weighted by atomic mass is 10.2. The third-order valence-corrected chi connectivity index (χ3v) is 0.919. The van der Waals surface area contributed by atoms with Gasteiger partial charge < -0.3 is 4.74 Å². The lowest BCUT2D eigenvalue weighted by Crippen LogP contribution is -2.29. The molecule has 0 aromatic heterocycles. The van der Waals surface area contributed by atoms with E-state index >= 15 is 0 Å². The fourth-order valence-corrected chi connectivity index (χ4v) is 0.535. The third-order valence-electron chi connectivity index (χ3n) is 0.919. The molecule has 0 heterocycles. The molecule has 0 spiro atoms. The van der Waals surface area contributed by atoms with Crippen LogP contribution in [0, 0.1) is 11.3 Å². The Morgan fingerprint density at radius 2 is 2.23 bits per heavy atom. The Kier molecular flexibility index (Phi) is 3.76. The number of rotatable bonds is 2. The van der Waals surface area contributed by atoms with Crippen molar-refractivity contribution in [3.05, 3.63) is 10.4 Å². The van der Waals surface area contributed by atoms with Crippen LogP contribution in [0.4, 0.5) is 0 Å². The van der Waals surface area contributed by atoms with E-state index in [2.05, 4.69) is 10.0 Å². The molecule has 0 N–H and O–H groups in total. The van der Waals surface area contributed by atoms with Crippen molar-refractivity contribution >= 4 is 5.97 Å². The molecule has 0 bridgehead atoms. The zero-order valence-electron chi connectivity index (χ0n) is 7.68. The molecule has 6 heteroatoms. The molecular formula is C7H10N4O2. The molecule has 0 aromatic carbocycles. The van der Waals surface area contributed by atoms with E-state index < -0.39 is 17.6 Å². The molecule has 13 heavy (non-hydrogen) atoms. The summed E-state index contributed by atoms with van der Waals surface area (Å²) in [6, 6.07) is 0.132. The number of hydrogen-bond donors (Lipinski definition) is 0. The van der Waals surface area contributed by atoms with Gasteiger partial charge in [0.15, 0.2) is 0 Å². The van der Waals surface area contributed by atoms with Crippen LogP contribution in [0.5, 0.6) is 0 Å². The van der Waals surface area contributed by atoms with E-state index in [0.29, 0.717) is 0 Å². The van der Waals surface area contributed by atoms with Crippen LogP contribution in [0.25, 0.3) is 10.4 Å². The Labute approximate surface area is 75.7 Å². The van der Waals surface area contributed by atoms with Crippen molar-refractivity contribution in [2.24, 2.45) is 5.11 Å². The fourth-order valence-electron chi connectivity index (χ4n) is 0.535. The molecule has 0 saturated carbocycles. The summed E-state index contributed by atoms with van der Waals surface area (Å²) in [6.07, 6.45) is 0. The lowest BCUT2D eigenvalue weighted by molar-refractivity contribution is -0.154. The minimum absolute atomic E-state index is 0.683. The van der Waals surface area contributed by atoms with Crippen molar-refractivity contribution in [3.8, 4) is 6.07 Å². The highest BCUT2D eigenvalue weighted by Crippen LogP contribution is 2.09. The average Bonchev–Trinajstić information content (AvgIpc) is 1.96. The summed E-state index contributed by atoms with van der Waals surface area (Å²) in [6.45, 7) is 4.99. The average molecular weight is 182 g/mol. The predicted octanol–water partition coefficient (Wildman–Crippen LogP) is 1.53. The Hall–Kier alpha value is -1.73. The number of nitrogens with zero attached hydrogens (tertiary/aromatic N) is 4. The topological polar surface area (TPSA) is 98.9 Å². The highest BCUT2D eigenvalue weighted by Gasteiger charge is 2.23. The summed E-state index contributed by atoms with van der Waals surface area (Å²) in [5.41, 5.74) is 7.33. The molecule has 0 radical (unpaired) electrons. The normalized spacial score (nSPS) is 12.2. The van der Waals surface area contributed by atoms with E-state index in [9.17, 15) is 4.79 Å². The maximum atomic E-state index is 11.1. The van der Waals surface area contributed by atoms with E-state index in [0.717, 1.165) is 0 Å². The van der Waals surface area contributed by atoms with E-state index in [1.807, 2.05) is 0 Å². The standard InChI is InChI=1S/C7H10N4O2/c1-7(2,3)13-6(12)5(4-8)10-11-9/h5H,1-3H3. The monoisotopic (exact) mass is 182 g/mol. The lowest BCUT2D eigenvalue weighted by Gasteiger charge is -2.19. The molecule has 0 saturated heterocycles. The van der Waals surface area contributed by atoms with Gasteiger partial charge >= 0.3 is 5.97 Å². The van der Waals surface area contributed by atoms with Gasteiger partial charge in [-0.25, -0.2) is 0 Å². The fraction of sp³-hybridized carbons (Fsp3) is 0.714. The molecule has 0 aromatic rings. The van der Waals surface area contributed by atoms with Crippen LogP contribution in [0.3, 0.4) is 0 Å². The first-order valence-electron chi connectivity index (χ1n) is 3.57. The van der Waals surface area contributed by atoms with E-state index in [4.69, 9.17) is 15.5 Å². The highest BCUT2D eigenvalue weighted by molar-refractivity contribution is 5.79. The Morgan fingerprint density at radius 3 is 2.54 bits per heavy atom. The molecule has 70 valence electrons. The third kappa shape index (κ3) is 4.67. The number of carbonyl (C=O) groups excluding carboxylic acids is 1. The van der Waals surface area contributed by atoms with Crippen molar-refractivity contribution in [1.82, 2.24) is 0 Å². The van der Waals surface area contributed by atoms with Gasteiger partial charge in [0, 0.05) is 4.91 Å². The zero-order chi connectivity index (χ0) is 10.5. The van der Waals surface area contributed by atoms with E-state index in [-0.39, 0.29) is 0 Å². The van der Waals surface area contributed by atoms with Gasteiger partial charge in [-0.3, -0.25) is 4.79 Å². The first-order chi connectivity index (χ1) is 5.90. The number of azide groups is 1. The second-order valence-corrected chi connectivity index (χ2v) is 3.27. The zero-order valence-corrected chi connectivity index (χ0v) is 7.68. The van der Waals surface area contributed by atoms with Crippen LogP contribution >= 0.6 is 0 Å². The van der Waals surface area contributed by atoms with Gasteiger partial charge in [0.1, 0.15) is 5.60 Å².